The van der Waals surface area contributed by atoms with Crippen molar-refractivity contribution in [2.45, 2.75) is 33.4 Å². The van der Waals surface area contributed by atoms with Crippen molar-refractivity contribution in [1.29, 1.82) is 0 Å². The Hall–Kier alpha value is -2.87. The number of carbonyl (C=O) groups is 1. The Morgan fingerprint density at radius 2 is 1.90 bits per heavy atom. The number of nitrogens with zero attached hydrogens (tertiary/aromatic N) is 3. The second-order valence-electron chi connectivity index (χ2n) is 7.31. The molecule has 8 heteroatoms. The lowest BCUT2D eigenvalue weighted by Gasteiger charge is -2.39. The number of benzene rings is 1. The molecule has 1 fully saturated rings. The van der Waals surface area contributed by atoms with Crippen LogP contribution in [0.15, 0.2) is 35.1 Å². The molecule has 1 amide bonds. The fourth-order valence-electron chi connectivity index (χ4n) is 4.03. The molecule has 1 saturated heterocycles. The van der Waals surface area contributed by atoms with Gasteiger partial charge in [0.15, 0.2) is 0 Å². The molecule has 1 atom stereocenters. The molecule has 1 N–H and O–H groups in total. The predicted molar refractivity (Wildman–Crippen MR) is 111 cm³/mol. The van der Waals surface area contributed by atoms with E-state index in [9.17, 15) is 19.1 Å². The number of amides is 1. The van der Waals surface area contributed by atoms with Crippen LogP contribution >= 0.6 is 0 Å². The highest BCUT2D eigenvalue weighted by atomic mass is 19.1. The van der Waals surface area contributed by atoms with Crippen LogP contribution in [-0.4, -0.2) is 58.4 Å². The minimum atomic E-state index is -0.629. The number of aryl methyl sites for hydroxylation is 1. The first-order valence-electron chi connectivity index (χ1n) is 10.2. The molecule has 1 aromatic carbocycles. The van der Waals surface area contributed by atoms with Crippen LogP contribution in [0.4, 0.5) is 9.18 Å². The van der Waals surface area contributed by atoms with Gasteiger partial charge in [-0.1, -0.05) is 12.1 Å². The number of aromatic hydroxyl groups is 1. The lowest BCUT2D eigenvalue weighted by Crippen LogP contribution is -2.50. The number of piperazine rings is 1. The number of halogens is 1. The third kappa shape index (κ3) is 4.33. The number of pyridine rings is 1. The molecule has 0 spiro atoms. The van der Waals surface area contributed by atoms with Crippen LogP contribution in [0, 0.1) is 12.7 Å². The molecule has 0 unspecified atom stereocenters. The Morgan fingerprint density at radius 1 is 1.20 bits per heavy atom. The molecule has 0 bridgehead atoms. The van der Waals surface area contributed by atoms with Gasteiger partial charge in [0, 0.05) is 38.4 Å². The molecule has 0 radical (unpaired) electrons. The second kappa shape index (κ2) is 9.30. The molecule has 2 aromatic rings. The minimum absolute atomic E-state index is 0.107. The number of aromatic nitrogens is 1. The third-order valence-electron chi connectivity index (χ3n) is 5.48. The summed E-state index contributed by atoms with van der Waals surface area (Å²) in [6.45, 7) is 7.90. The van der Waals surface area contributed by atoms with E-state index in [4.69, 9.17) is 4.74 Å². The minimum Gasteiger partial charge on any atom is -0.507 e. The maximum Gasteiger partial charge on any atom is 0.409 e. The maximum atomic E-state index is 14.0. The quantitative estimate of drug-likeness (QED) is 0.810. The van der Waals surface area contributed by atoms with Gasteiger partial charge in [0.2, 0.25) is 0 Å². The van der Waals surface area contributed by atoms with Crippen molar-refractivity contribution < 1.29 is 19.0 Å². The van der Waals surface area contributed by atoms with Crippen molar-refractivity contribution in [1.82, 2.24) is 14.4 Å². The molecule has 1 aliphatic rings. The zero-order valence-electron chi connectivity index (χ0n) is 17.6. The van der Waals surface area contributed by atoms with Gasteiger partial charge in [-0.15, -0.1) is 0 Å². The van der Waals surface area contributed by atoms with Crippen molar-refractivity contribution >= 4 is 6.09 Å². The van der Waals surface area contributed by atoms with Crippen LogP contribution in [0.5, 0.6) is 5.75 Å². The highest BCUT2D eigenvalue weighted by Gasteiger charge is 2.32. The highest BCUT2D eigenvalue weighted by Crippen LogP contribution is 2.33. The van der Waals surface area contributed by atoms with E-state index in [1.54, 1.807) is 41.5 Å². The van der Waals surface area contributed by atoms with Gasteiger partial charge in [0.25, 0.3) is 5.56 Å². The Balaban J connectivity index is 2.03. The summed E-state index contributed by atoms with van der Waals surface area (Å²) in [5.74, 6) is -0.519. The smallest absolute Gasteiger partial charge is 0.409 e. The summed E-state index contributed by atoms with van der Waals surface area (Å²) in [4.78, 5) is 28.9. The molecule has 2 heterocycles. The number of carbonyl (C=O) groups excluding carboxylic acids is 1. The summed E-state index contributed by atoms with van der Waals surface area (Å²) in [5, 5.41) is 10.7. The lowest BCUT2D eigenvalue weighted by atomic mass is 9.96. The van der Waals surface area contributed by atoms with Crippen LogP contribution in [0.2, 0.25) is 0 Å². The Labute approximate surface area is 175 Å². The van der Waals surface area contributed by atoms with Gasteiger partial charge in [-0.2, -0.15) is 0 Å². The van der Waals surface area contributed by atoms with Crippen LogP contribution in [0.25, 0.3) is 0 Å². The van der Waals surface area contributed by atoms with E-state index in [1.165, 1.54) is 12.1 Å². The van der Waals surface area contributed by atoms with E-state index in [1.807, 2.05) is 11.8 Å². The molecule has 30 heavy (non-hydrogen) atoms. The molecular formula is C22H28FN3O4. The topological polar surface area (TPSA) is 75.0 Å². The largest absolute Gasteiger partial charge is 0.507 e. The zero-order valence-corrected chi connectivity index (χ0v) is 17.6. The monoisotopic (exact) mass is 417 g/mol. The van der Waals surface area contributed by atoms with Gasteiger partial charge < -0.3 is 19.3 Å². The van der Waals surface area contributed by atoms with Crippen LogP contribution in [-0.2, 0) is 11.3 Å². The van der Waals surface area contributed by atoms with Gasteiger partial charge in [-0.3, -0.25) is 9.69 Å². The van der Waals surface area contributed by atoms with Crippen LogP contribution < -0.4 is 5.56 Å². The van der Waals surface area contributed by atoms with Crippen molar-refractivity contribution in [3.8, 4) is 5.75 Å². The Morgan fingerprint density at radius 3 is 2.50 bits per heavy atom. The summed E-state index contributed by atoms with van der Waals surface area (Å²) in [6.07, 6.45) is -0.369. The second-order valence-corrected chi connectivity index (χ2v) is 7.31. The fraction of sp³-hybridized carbons (Fsp3) is 0.455. The average Bonchev–Trinajstić information content (AvgIpc) is 2.71. The molecule has 7 nitrogen and oxygen atoms in total. The van der Waals surface area contributed by atoms with E-state index < -0.39 is 11.9 Å². The average molecular weight is 417 g/mol. The molecule has 0 aliphatic carbocycles. The van der Waals surface area contributed by atoms with Gasteiger partial charge in [-0.05, 0) is 44.5 Å². The number of hydrogen-bond acceptors (Lipinski definition) is 5. The van der Waals surface area contributed by atoms with E-state index in [0.29, 0.717) is 50.6 Å². The number of hydrogen-bond donors (Lipinski definition) is 1. The highest BCUT2D eigenvalue weighted by molar-refractivity contribution is 5.67. The standard InChI is InChI=1S/C22H28FN3O4/c1-4-26-15(3)13-18(27)19(21(26)28)20(16-7-6-8-17(23)14-16)24-9-11-25(12-10-24)22(29)30-5-2/h6-8,13-14,20,27H,4-5,9-12H2,1-3H3/t20-/m0/s1. The first-order chi connectivity index (χ1) is 14.4. The number of ether oxygens (including phenoxy) is 1. The Bertz CT molecular complexity index is 967. The summed E-state index contributed by atoms with van der Waals surface area (Å²) < 4.78 is 20.7. The van der Waals surface area contributed by atoms with Gasteiger partial charge in [0.05, 0.1) is 18.2 Å². The van der Waals surface area contributed by atoms with Gasteiger partial charge in [0.1, 0.15) is 11.6 Å². The molecule has 3 rings (SSSR count). The van der Waals surface area contributed by atoms with Crippen molar-refractivity contribution in [2.24, 2.45) is 0 Å². The van der Waals surface area contributed by atoms with Gasteiger partial charge >= 0.3 is 6.09 Å². The summed E-state index contributed by atoms with van der Waals surface area (Å²) in [7, 11) is 0. The zero-order chi connectivity index (χ0) is 21.8. The fourth-order valence-corrected chi connectivity index (χ4v) is 4.03. The van der Waals surface area contributed by atoms with Crippen molar-refractivity contribution in [3.63, 3.8) is 0 Å². The molecule has 1 aliphatic heterocycles. The molecule has 1 aromatic heterocycles. The molecule has 0 saturated carbocycles. The summed E-state index contributed by atoms with van der Waals surface area (Å²) in [5.41, 5.74) is 1.17. The van der Waals surface area contributed by atoms with Crippen molar-refractivity contribution in [2.75, 3.05) is 32.8 Å². The van der Waals surface area contributed by atoms with E-state index >= 15 is 0 Å². The molecular weight excluding hydrogens is 389 g/mol. The van der Waals surface area contributed by atoms with Crippen LogP contribution in [0.1, 0.15) is 36.7 Å². The normalized spacial score (nSPS) is 15.8. The van der Waals surface area contributed by atoms with Gasteiger partial charge in [-0.25, -0.2) is 9.18 Å². The summed E-state index contributed by atoms with van der Waals surface area (Å²) >= 11 is 0. The molecule has 162 valence electrons. The summed E-state index contributed by atoms with van der Waals surface area (Å²) in [6, 6.07) is 7.02. The first-order valence-corrected chi connectivity index (χ1v) is 10.2. The van der Waals surface area contributed by atoms with E-state index in [-0.39, 0.29) is 23.0 Å². The Kier molecular flexibility index (Phi) is 6.77. The third-order valence-corrected chi connectivity index (χ3v) is 5.48. The van der Waals surface area contributed by atoms with Crippen LogP contribution in [0.3, 0.4) is 0 Å². The lowest BCUT2D eigenvalue weighted by molar-refractivity contribution is 0.0709. The maximum absolute atomic E-state index is 14.0. The van der Waals surface area contributed by atoms with E-state index in [0.717, 1.165) is 0 Å². The van der Waals surface area contributed by atoms with E-state index in [2.05, 4.69) is 0 Å². The number of rotatable bonds is 5. The predicted octanol–water partition coefficient (Wildman–Crippen LogP) is 2.88. The first kappa shape index (κ1) is 21.8. The SMILES string of the molecule is CCOC(=O)N1CCN([C@@H](c2cccc(F)c2)c2c(O)cc(C)n(CC)c2=O)CC1. The van der Waals surface area contributed by atoms with Crippen molar-refractivity contribution in [3.05, 3.63) is 63.3 Å².